The minimum atomic E-state index is -0.839. The maximum atomic E-state index is 12.9. The summed E-state index contributed by atoms with van der Waals surface area (Å²) < 4.78 is 25.8. The van der Waals surface area contributed by atoms with E-state index in [0.717, 1.165) is 18.2 Å². The highest BCUT2D eigenvalue weighted by Crippen LogP contribution is 2.15. The van der Waals surface area contributed by atoms with Gasteiger partial charge in [-0.1, -0.05) is 5.11 Å². The first-order chi connectivity index (χ1) is 8.17. The van der Waals surface area contributed by atoms with E-state index in [9.17, 15) is 8.78 Å². The van der Waals surface area contributed by atoms with Crippen LogP contribution < -0.4 is 5.32 Å². The summed E-state index contributed by atoms with van der Waals surface area (Å²) in [5, 5.41) is 14.8. The Bertz CT molecular complexity index is 456. The molecule has 0 aliphatic heterocycles. The Morgan fingerprint density at radius 2 is 2.06 bits per heavy atom. The van der Waals surface area contributed by atoms with Crippen molar-refractivity contribution in [3.8, 4) is 6.07 Å². The van der Waals surface area contributed by atoms with Crippen molar-refractivity contribution >= 4 is 0 Å². The van der Waals surface area contributed by atoms with Crippen LogP contribution in [0.2, 0.25) is 0 Å². The van der Waals surface area contributed by atoms with Gasteiger partial charge in [0, 0.05) is 24.1 Å². The minimum Gasteiger partial charge on any atom is -0.298 e. The molecular formula is C10H9F2N5. The quantitative estimate of drug-likeness (QED) is 0.369. The van der Waals surface area contributed by atoms with Crippen LogP contribution in [-0.4, -0.2) is 13.1 Å². The third kappa shape index (κ3) is 4.07. The first-order valence-electron chi connectivity index (χ1n) is 4.77. The molecule has 0 saturated carbocycles. The normalized spacial score (nSPS) is 11.4. The first kappa shape index (κ1) is 12.9. The van der Waals surface area contributed by atoms with Gasteiger partial charge in [0.05, 0.1) is 6.07 Å². The van der Waals surface area contributed by atoms with Gasteiger partial charge in [0.2, 0.25) is 0 Å². The summed E-state index contributed by atoms with van der Waals surface area (Å²) in [6, 6.07) is 3.93. The fraction of sp³-hybridized carbons (Fsp3) is 0.300. The molecule has 0 aromatic heterocycles. The molecule has 0 aliphatic rings. The lowest BCUT2D eigenvalue weighted by atomic mass is 10.1. The highest BCUT2D eigenvalue weighted by Gasteiger charge is 2.11. The molecule has 1 N–H and O–H groups in total. The van der Waals surface area contributed by atoms with Crippen molar-refractivity contribution in [2.24, 2.45) is 5.11 Å². The van der Waals surface area contributed by atoms with Crippen LogP contribution in [0.5, 0.6) is 0 Å². The second kappa shape index (κ2) is 6.43. The lowest BCUT2D eigenvalue weighted by Crippen LogP contribution is -2.23. The standard InChI is InChI=1S/C10H9F2N5/c11-8-3-7(4-9(12)5-8)10(6-13)15-1-2-16-17-14/h3-5,10,15H,1-2H2. The molecule has 0 heterocycles. The van der Waals surface area contributed by atoms with Gasteiger partial charge in [-0.3, -0.25) is 5.32 Å². The molecule has 7 heteroatoms. The average molecular weight is 237 g/mol. The van der Waals surface area contributed by atoms with Crippen molar-refractivity contribution in [2.45, 2.75) is 6.04 Å². The maximum absolute atomic E-state index is 12.9. The van der Waals surface area contributed by atoms with Gasteiger partial charge in [0.25, 0.3) is 0 Å². The van der Waals surface area contributed by atoms with E-state index in [1.807, 2.05) is 6.07 Å². The Labute approximate surface area is 96.3 Å². The number of hydrogen-bond acceptors (Lipinski definition) is 3. The van der Waals surface area contributed by atoms with Crippen molar-refractivity contribution in [3.63, 3.8) is 0 Å². The van der Waals surface area contributed by atoms with Crippen LogP contribution in [0.15, 0.2) is 23.3 Å². The van der Waals surface area contributed by atoms with Crippen LogP contribution in [0.4, 0.5) is 8.78 Å². The molecule has 1 aromatic rings. The van der Waals surface area contributed by atoms with Gasteiger partial charge in [-0.15, -0.1) is 0 Å². The number of nitrogens with zero attached hydrogens (tertiary/aromatic N) is 4. The molecule has 0 radical (unpaired) electrons. The summed E-state index contributed by atoms with van der Waals surface area (Å²) in [4.78, 5) is 2.54. The summed E-state index contributed by atoms with van der Waals surface area (Å²) in [7, 11) is 0. The van der Waals surface area contributed by atoms with E-state index in [1.54, 1.807) is 0 Å². The van der Waals surface area contributed by atoms with E-state index in [2.05, 4.69) is 15.3 Å². The fourth-order valence-electron chi connectivity index (χ4n) is 1.28. The zero-order chi connectivity index (χ0) is 12.7. The van der Waals surface area contributed by atoms with Gasteiger partial charge in [0.1, 0.15) is 17.7 Å². The SMILES string of the molecule is N#CC(NCCN=[N+]=[N-])c1cc(F)cc(F)c1. The highest BCUT2D eigenvalue weighted by atomic mass is 19.1. The molecule has 0 aliphatic carbocycles. The second-order valence-corrected chi connectivity index (χ2v) is 3.17. The Kier molecular flexibility index (Phi) is 4.88. The number of hydrogen-bond donors (Lipinski definition) is 1. The zero-order valence-electron chi connectivity index (χ0n) is 8.77. The Morgan fingerprint density at radius 3 is 2.59 bits per heavy atom. The highest BCUT2D eigenvalue weighted by molar-refractivity contribution is 5.25. The molecule has 0 spiro atoms. The van der Waals surface area contributed by atoms with Crippen LogP contribution in [0, 0.1) is 23.0 Å². The first-order valence-corrected chi connectivity index (χ1v) is 4.77. The van der Waals surface area contributed by atoms with Crippen molar-refractivity contribution in [3.05, 3.63) is 45.8 Å². The van der Waals surface area contributed by atoms with E-state index in [1.165, 1.54) is 0 Å². The van der Waals surface area contributed by atoms with Crippen LogP contribution in [-0.2, 0) is 0 Å². The summed E-state index contributed by atoms with van der Waals surface area (Å²) >= 11 is 0. The molecule has 0 saturated heterocycles. The molecule has 88 valence electrons. The minimum absolute atomic E-state index is 0.159. The lowest BCUT2D eigenvalue weighted by molar-refractivity contribution is 0.568. The molecule has 17 heavy (non-hydrogen) atoms. The molecule has 0 amide bonds. The number of halogens is 2. The Hall–Kier alpha value is -2.16. The van der Waals surface area contributed by atoms with Crippen molar-refractivity contribution < 1.29 is 8.78 Å². The van der Waals surface area contributed by atoms with Crippen LogP contribution >= 0.6 is 0 Å². The average Bonchev–Trinajstić information content (AvgIpc) is 2.28. The van der Waals surface area contributed by atoms with E-state index < -0.39 is 17.7 Å². The van der Waals surface area contributed by atoms with E-state index >= 15 is 0 Å². The zero-order valence-corrected chi connectivity index (χ0v) is 8.77. The third-order valence-corrected chi connectivity index (χ3v) is 1.97. The Morgan fingerprint density at radius 1 is 1.41 bits per heavy atom. The summed E-state index contributed by atoms with van der Waals surface area (Å²) in [6.07, 6.45) is 0. The van der Waals surface area contributed by atoms with Crippen LogP contribution in [0.1, 0.15) is 11.6 Å². The summed E-state index contributed by atoms with van der Waals surface area (Å²) in [6.45, 7) is 0.410. The summed E-state index contributed by atoms with van der Waals surface area (Å²) in [5.74, 6) is -1.48. The maximum Gasteiger partial charge on any atom is 0.126 e. The van der Waals surface area contributed by atoms with E-state index in [0.29, 0.717) is 0 Å². The predicted molar refractivity (Wildman–Crippen MR) is 56.7 cm³/mol. The van der Waals surface area contributed by atoms with Gasteiger partial charge in [-0.05, 0) is 23.2 Å². The predicted octanol–water partition coefficient (Wildman–Crippen LogP) is 2.43. The largest absolute Gasteiger partial charge is 0.298 e. The van der Waals surface area contributed by atoms with Crippen LogP contribution in [0.3, 0.4) is 0 Å². The van der Waals surface area contributed by atoms with Gasteiger partial charge < -0.3 is 0 Å². The van der Waals surface area contributed by atoms with Gasteiger partial charge in [-0.2, -0.15) is 5.26 Å². The number of rotatable bonds is 5. The number of benzene rings is 1. The van der Waals surface area contributed by atoms with Crippen molar-refractivity contribution in [1.29, 1.82) is 5.26 Å². The smallest absolute Gasteiger partial charge is 0.126 e. The van der Waals surface area contributed by atoms with Crippen molar-refractivity contribution in [2.75, 3.05) is 13.1 Å². The Balaban J connectivity index is 2.73. The second-order valence-electron chi connectivity index (χ2n) is 3.17. The number of nitriles is 1. The van der Waals surface area contributed by atoms with Crippen LogP contribution in [0.25, 0.3) is 10.4 Å². The monoisotopic (exact) mass is 237 g/mol. The number of nitrogens with one attached hydrogen (secondary N) is 1. The van der Waals surface area contributed by atoms with Gasteiger partial charge in [-0.25, -0.2) is 8.78 Å². The molecule has 0 bridgehead atoms. The molecule has 1 atom stereocenters. The van der Waals surface area contributed by atoms with Gasteiger partial charge in [0.15, 0.2) is 0 Å². The molecule has 1 unspecified atom stereocenters. The van der Waals surface area contributed by atoms with E-state index in [-0.39, 0.29) is 18.7 Å². The van der Waals surface area contributed by atoms with E-state index in [4.69, 9.17) is 10.8 Å². The number of azide groups is 1. The van der Waals surface area contributed by atoms with Crippen molar-refractivity contribution in [1.82, 2.24) is 5.32 Å². The molecule has 1 aromatic carbocycles. The topological polar surface area (TPSA) is 84.6 Å². The van der Waals surface area contributed by atoms with Gasteiger partial charge >= 0.3 is 0 Å². The molecule has 0 fully saturated rings. The molecular weight excluding hydrogens is 228 g/mol. The molecule has 1 rings (SSSR count). The fourth-order valence-corrected chi connectivity index (χ4v) is 1.28. The lowest BCUT2D eigenvalue weighted by Gasteiger charge is -2.10. The summed E-state index contributed by atoms with van der Waals surface area (Å²) in [5.41, 5.74) is 8.24. The third-order valence-electron chi connectivity index (χ3n) is 1.97. The molecule has 5 nitrogen and oxygen atoms in total.